The van der Waals surface area contributed by atoms with Crippen LogP contribution in [0.2, 0.25) is 0 Å². The summed E-state index contributed by atoms with van der Waals surface area (Å²) in [4.78, 5) is 35.1. The second-order valence-electron chi connectivity index (χ2n) is 6.03. The van der Waals surface area contributed by atoms with Gasteiger partial charge in [-0.15, -0.1) is 0 Å². The lowest BCUT2D eigenvalue weighted by molar-refractivity contribution is -0.123. The fourth-order valence-electron chi connectivity index (χ4n) is 2.62. The summed E-state index contributed by atoms with van der Waals surface area (Å²) >= 11 is 0. The first kappa shape index (κ1) is 19.6. The Morgan fingerprint density at radius 1 is 0.724 bits per heavy atom. The molecule has 0 atom stereocenters. The quantitative estimate of drug-likeness (QED) is 0.562. The number of amides is 2. The average Bonchev–Trinajstić information content (AvgIpc) is 2.77. The van der Waals surface area contributed by atoms with Crippen LogP contribution in [0.3, 0.4) is 0 Å². The van der Waals surface area contributed by atoms with Crippen LogP contribution in [0.1, 0.15) is 20.7 Å². The summed E-state index contributed by atoms with van der Waals surface area (Å²) in [7, 11) is 0. The Balaban J connectivity index is 1.50. The summed E-state index contributed by atoms with van der Waals surface area (Å²) in [5.74, 6) is -2.05. The van der Waals surface area contributed by atoms with Gasteiger partial charge >= 0.3 is 5.97 Å². The van der Waals surface area contributed by atoms with E-state index in [1.54, 1.807) is 12.1 Å². The highest BCUT2D eigenvalue weighted by molar-refractivity contribution is 6.05. The average molecular weight is 390 g/mol. The van der Waals surface area contributed by atoms with Crippen molar-refractivity contribution in [1.82, 2.24) is 10.9 Å². The summed E-state index contributed by atoms with van der Waals surface area (Å²) < 4.78 is 5.40. The van der Waals surface area contributed by atoms with Gasteiger partial charge in [-0.2, -0.15) is 0 Å². The van der Waals surface area contributed by atoms with Gasteiger partial charge < -0.3 is 9.84 Å². The number of hydrogen-bond acceptors (Lipinski definition) is 4. The molecule has 0 aliphatic heterocycles. The van der Waals surface area contributed by atoms with E-state index in [9.17, 15) is 14.4 Å². The third-order valence-corrected chi connectivity index (χ3v) is 4.05. The first-order valence-corrected chi connectivity index (χ1v) is 8.74. The second kappa shape index (κ2) is 9.18. The highest BCUT2D eigenvalue weighted by Crippen LogP contribution is 2.21. The van der Waals surface area contributed by atoms with Gasteiger partial charge in [0.15, 0.2) is 6.61 Å². The number of carboxylic acid groups (broad SMARTS) is 1. The number of aromatic carboxylic acids is 1. The SMILES string of the molecule is O=C(COc1ccc(-c2ccccc2)cc1)NNC(=O)c1ccccc1C(=O)O. The first-order valence-electron chi connectivity index (χ1n) is 8.74. The molecule has 29 heavy (non-hydrogen) atoms. The van der Waals surface area contributed by atoms with Crippen molar-refractivity contribution in [2.24, 2.45) is 0 Å². The Kier molecular flexibility index (Phi) is 6.22. The van der Waals surface area contributed by atoms with E-state index in [2.05, 4.69) is 10.9 Å². The number of carbonyl (C=O) groups excluding carboxylic acids is 2. The molecule has 0 radical (unpaired) electrons. The normalized spacial score (nSPS) is 10.1. The number of carbonyl (C=O) groups is 3. The highest BCUT2D eigenvalue weighted by Gasteiger charge is 2.16. The number of carboxylic acids is 1. The molecule has 0 unspecified atom stereocenters. The summed E-state index contributed by atoms with van der Waals surface area (Å²) in [6.07, 6.45) is 0. The summed E-state index contributed by atoms with van der Waals surface area (Å²) in [6.45, 7) is -0.314. The van der Waals surface area contributed by atoms with Gasteiger partial charge in [0, 0.05) is 0 Å². The van der Waals surface area contributed by atoms with Crippen molar-refractivity contribution in [1.29, 1.82) is 0 Å². The maximum Gasteiger partial charge on any atom is 0.336 e. The topological polar surface area (TPSA) is 105 Å². The Labute approximate surface area is 166 Å². The van der Waals surface area contributed by atoms with E-state index in [-0.39, 0.29) is 17.7 Å². The Morgan fingerprint density at radius 2 is 1.31 bits per heavy atom. The van der Waals surface area contributed by atoms with Crippen LogP contribution >= 0.6 is 0 Å². The van der Waals surface area contributed by atoms with Crippen LogP contribution in [0.5, 0.6) is 5.75 Å². The van der Waals surface area contributed by atoms with E-state index < -0.39 is 17.8 Å². The van der Waals surface area contributed by atoms with Crippen molar-refractivity contribution in [3.63, 3.8) is 0 Å². The minimum atomic E-state index is -1.23. The van der Waals surface area contributed by atoms with Crippen LogP contribution in [0, 0.1) is 0 Å². The molecule has 0 heterocycles. The molecule has 146 valence electrons. The predicted molar refractivity (Wildman–Crippen MR) is 106 cm³/mol. The number of ether oxygens (including phenoxy) is 1. The first-order chi connectivity index (χ1) is 14.0. The zero-order valence-corrected chi connectivity index (χ0v) is 15.3. The molecule has 7 nitrogen and oxygen atoms in total. The zero-order valence-electron chi connectivity index (χ0n) is 15.3. The van der Waals surface area contributed by atoms with Crippen molar-refractivity contribution in [3.05, 3.63) is 90.0 Å². The van der Waals surface area contributed by atoms with Crippen LogP contribution in [0.4, 0.5) is 0 Å². The van der Waals surface area contributed by atoms with E-state index in [4.69, 9.17) is 9.84 Å². The number of rotatable bonds is 6. The molecule has 7 heteroatoms. The van der Waals surface area contributed by atoms with Gasteiger partial charge in [0.25, 0.3) is 11.8 Å². The van der Waals surface area contributed by atoms with Crippen molar-refractivity contribution >= 4 is 17.8 Å². The number of hydrazine groups is 1. The molecule has 3 rings (SSSR count). The highest BCUT2D eigenvalue weighted by atomic mass is 16.5. The lowest BCUT2D eigenvalue weighted by Crippen LogP contribution is -2.44. The minimum Gasteiger partial charge on any atom is -0.484 e. The predicted octanol–water partition coefficient (Wildman–Crippen LogP) is 2.89. The maximum absolute atomic E-state index is 12.1. The van der Waals surface area contributed by atoms with E-state index in [0.717, 1.165) is 11.1 Å². The molecule has 0 saturated heterocycles. The third-order valence-electron chi connectivity index (χ3n) is 4.05. The second-order valence-corrected chi connectivity index (χ2v) is 6.03. The zero-order chi connectivity index (χ0) is 20.6. The molecule has 3 N–H and O–H groups in total. The van der Waals surface area contributed by atoms with Crippen molar-refractivity contribution < 1.29 is 24.2 Å². The molecule has 0 spiro atoms. The van der Waals surface area contributed by atoms with Gasteiger partial charge in [0.1, 0.15) is 5.75 Å². The summed E-state index contributed by atoms with van der Waals surface area (Å²) in [5.41, 5.74) is 6.25. The van der Waals surface area contributed by atoms with E-state index in [1.165, 1.54) is 24.3 Å². The van der Waals surface area contributed by atoms with Crippen LogP contribution in [-0.4, -0.2) is 29.5 Å². The maximum atomic E-state index is 12.1. The molecule has 0 fully saturated rings. The number of hydrogen-bond donors (Lipinski definition) is 3. The lowest BCUT2D eigenvalue weighted by atomic mass is 10.1. The molecule has 0 saturated carbocycles. The van der Waals surface area contributed by atoms with Gasteiger partial charge in [-0.3, -0.25) is 20.4 Å². The van der Waals surface area contributed by atoms with E-state index in [0.29, 0.717) is 5.75 Å². The largest absolute Gasteiger partial charge is 0.484 e. The molecule has 3 aromatic carbocycles. The van der Waals surface area contributed by atoms with E-state index in [1.807, 2.05) is 42.5 Å². The number of benzene rings is 3. The monoisotopic (exact) mass is 390 g/mol. The van der Waals surface area contributed by atoms with Crippen LogP contribution in [-0.2, 0) is 4.79 Å². The Hall–Kier alpha value is -4.13. The fourth-order valence-corrected chi connectivity index (χ4v) is 2.62. The number of nitrogens with one attached hydrogen (secondary N) is 2. The van der Waals surface area contributed by atoms with E-state index >= 15 is 0 Å². The summed E-state index contributed by atoms with van der Waals surface area (Å²) in [5, 5.41) is 9.11. The van der Waals surface area contributed by atoms with Gasteiger partial charge in [-0.1, -0.05) is 54.6 Å². The van der Waals surface area contributed by atoms with Crippen LogP contribution < -0.4 is 15.6 Å². The molecule has 0 aliphatic carbocycles. The van der Waals surface area contributed by atoms with Gasteiger partial charge in [0.2, 0.25) is 0 Å². The van der Waals surface area contributed by atoms with Crippen molar-refractivity contribution in [3.8, 4) is 16.9 Å². The van der Waals surface area contributed by atoms with Gasteiger partial charge in [-0.25, -0.2) is 4.79 Å². The lowest BCUT2D eigenvalue weighted by Gasteiger charge is -2.10. The van der Waals surface area contributed by atoms with Gasteiger partial charge in [-0.05, 0) is 35.4 Å². The molecule has 2 amide bonds. The molecule has 0 aliphatic rings. The standard InChI is InChI=1S/C22H18N2O5/c25-20(23-24-21(26)18-8-4-5-9-19(18)22(27)28)14-29-17-12-10-16(11-13-17)15-6-2-1-3-7-15/h1-13H,14H2,(H,23,25)(H,24,26)(H,27,28). The van der Waals surface area contributed by atoms with Gasteiger partial charge in [0.05, 0.1) is 11.1 Å². The molecule has 0 aromatic heterocycles. The van der Waals surface area contributed by atoms with Crippen molar-refractivity contribution in [2.75, 3.05) is 6.61 Å². The van der Waals surface area contributed by atoms with Crippen LogP contribution in [0.15, 0.2) is 78.9 Å². The molecular weight excluding hydrogens is 372 g/mol. The fraction of sp³-hybridized carbons (Fsp3) is 0.0455. The molecule has 3 aromatic rings. The molecule has 0 bridgehead atoms. The molecular formula is C22H18N2O5. The Bertz CT molecular complexity index is 1020. The summed E-state index contributed by atoms with van der Waals surface area (Å²) in [6, 6.07) is 22.8. The smallest absolute Gasteiger partial charge is 0.336 e. The minimum absolute atomic E-state index is 0.0577. The van der Waals surface area contributed by atoms with Crippen molar-refractivity contribution in [2.45, 2.75) is 0 Å². The third kappa shape index (κ3) is 5.20. The van der Waals surface area contributed by atoms with Crippen LogP contribution in [0.25, 0.3) is 11.1 Å². The Morgan fingerprint density at radius 3 is 1.97 bits per heavy atom.